The van der Waals surface area contributed by atoms with E-state index in [0.717, 1.165) is 24.7 Å². The summed E-state index contributed by atoms with van der Waals surface area (Å²) >= 11 is 0. The van der Waals surface area contributed by atoms with Crippen LogP contribution in [0.25, 0.3) is 0 Å². The van der Waals surface area contributed by atoms with Gasteiger partial charge >= 0.3 is 0 Å². The molecule has 0 aliphatic carbocycles. The Morgan fingerprint density at radius 2 is 1.83 bits per heavy atom. The van der Waals surface area contributed by atoms with Gasteiger partial charge in [-0.1, -0.05) is 39.5 Å². The molecule has 1 heterocycles. The van der Waals surface area contributed by atoms with Crippen molar-refractivity contribution in [2.24, 2.45) is 5.92 Å². The second kappa shape index (κ2) is 8.19. The fourth-order valence-corrected chi connectivity index (χ4v) is 1.98. The van der Waals surface area contributed by atoms with E-state index in [1.165, 1.54) is 25.7 Å². The molecular weight excluding hydrogens is 226 g/mol. The van der Waals surface area contributed by atoms with Gasteiger partial charge in [-0.25, -0.2) is 4.68 Å². The molecule has 1 aromatic heterocycles. The molecule has 0 radical (unpaired) electrons. The van der Waals surface area contributed by atoms with Gasteiger partial charge in [0.25, 0.3) is 0 Å². The van der Waals surface area contributed by atoms with Crippen molar-refractivity contribution in [3.05, 3.63) is 5.82 Å². The van der Waals surface area contributed by atoms with Crippen molar-refractivity contribution < 1.29 is 0 Å². The Labute approximate surface area is 110 Å². The summed E-state index contributed by atoms with van der Waals surface area (Å²) in [5.74, 6) is 1.76. The molecule has 0 aromatic carbocycles. The minimum atomic E-state index is 0.209. The topological polar surface area (TPSA) is 55.6 Å². The molecule has 5 nitrogen and oxygen atoms in total. The summed E-state index contributed by atoms with van der Waals surface area (Å²) in [5, 5.41) is 15.0. The third-order valence-electron chi connectivity index (χ3n) is 3.28. The Hall–Kier alpha value is -0.970. The zero-order valence-corrected chi connectivity index (χ0v) is 12.2. The lowest BCUT2D eigenvalue weighted by atomic mass is 10.0. The van der Waals surface area contributed by atoms with Gasteiger partial charge in [0.2, 0.25) is 0 Å². The fourth-order valence-electron chi connectivity index (χ4n) is 1.98. The highest BCUT2D eigenvalue weighted by atomic mass is 15.5. The van der Waals surface area contributed by atoms with Crippen molar-refractivity contribution in [2.75, 3.05) is 7.05 Å². The smallest absolute Gasteiger partial charge is 0.167 e. The van der Waals surface area contributed by atoms with Gasteiger partial charge in [0.15, 0.2) is 5.82 Å². The van der Waals surface area contributed by atoms with Crippen LogP contribution in [0.4, 0.5) is 0 Å². The Kier molecular flexibility index (Phi) is 6.86. The lowest BCUT2D eigenvalue weighted by molar-refractivity contribution is 0.466. The first-order valence-corrected chi connectivity index (χ1v) is 7.08. The molecule has 0 fully saturated rings. The van der Waals surface area contributed by atoms with E-state index >= 15 is 0 Å². The Balaban J connectivity index is 2.21. The van der Waals surface area contributed by atoms with Gasteiger partial charge in [-0.15, -0.1) is 5.10 Å². The summed E-state index contributed by atoms with van der Waals surface area (Å²) in [7, 11) is 1.93. The first-order valence-electron chi connectivity index (χ1n) is 7.08. The van der Waals surface area contributed by atoms with Crippen molar-refractivity contribution >= 4 is 0 Å². The van der Waals surface area contributed by atoms with E-state index < -0.39 is 0 Å². The molecule has 1 rings (SSSR count). The lowest BCUT2D eigenvalue weighted by Gasteiger charge is -2.10. The maximum absolute atomic E-state index is 4.06. The molecule has 0 aliphatic heterocycles. The molecular formula is C13H27N5. The fraction of sp³-hybridized carbons (Fsp3) is 0.923. The zero-order valence-electron chi connectivity index (χ0n) is 12.2. The average Bonchev–Trinajstić information content (AvgIpc) is 2.80. The van der Waals surface area contributed by atoms with Crippen LogP contribution >= 0.6 is 0 Å². The van der Waals surface area contributed by atoms with Crippen LogP contribution in [0.1, 0.15) is 64.7 Å². The van der Waals surface area contributed by atoms with Crippen LogP contribution < -0.4 is 5.32 Å². The molecule has 1 N–H and O–H groups in total. The number of hydrogen-bond donors (Lipinski definition) is 1. The number of hydrogen-bond acceptors (Lipinski definition) is 4. The number of aromatic nitrogens is 4. The van der Waals surface area contributed by atoms with Crippen LogP contribution in [0.2, 0.25) is 0 Å². The van der Waals surface area contributed by atoms with Crippen LogP contribution in [-0.4, -0.2) is 27.3 Å². The highest BCUT2D eigenvalue weighted by Crippen LogP contribution is 2.11. The maximum atomic E-state index is 4.06. The van der Waals surface area contributed by atoms with Gasteiger partial charge in [-0.05, 0) is 36.7 Å². The molecule has 5 heteroatoms. The van der Waals surface area contributed by atoms with E-state index in [2.05, 4.69) is 41.6 Å². The van der Waals surface area contributed by atoms with Crippen molar-refractivity contribution in [3.63, 3.8) is 0 Å². The van der Waals surface area contributed by atoms with Crippen LogP contribution in [0, 0.1) is 5.92 Å². The summed E-state index contributed by atoms with van der Waals surface area (Å²) in [5.41, 5.74) is 0. The van der Waals surface area contributed by atoms with Crippen LogP contribution in [0.5, 0.6) is 0 Å². The van der Waals surface area contributed by atoms with Crippen LogP contribution in [-0.2, 0) is 6.54 Å². The van der Waals surface area contributed by atoms with E-state index in [4.69, 9.17) is 0 Å². The Bertz CT molecular complexity index is 321. The molecule has 0 spiro atoms. The number of rotatable bonds is 9. The zero-order chi connectivity index (χ0) is 13.4. The molecule has 0 saturated carbocycles. The van der Waals surface area contributed by atoms with Crippen molar-refractivity contribution in [2.45, 2.75) is 65.5 Å². The number of nitrogens with one attached hydrogen (secondary N) is 1. The summed E-state index contributed by atoms with van der Waals surface area (Å²) in [6, 6.07) is 0.209. The Morgan fingerprint density at radius 3 is 2.50 bits per heavy atom. The molecule has 0 bridgehead atoms. The third-order valence-corrected chi connectivity index (χ3v) is 3.28. The van der Waals surface area contributed by atoms with E-state index in [9.17, 15) is 0 Å². The normalized spacial score (nSPS) is 13.2. The first kappa shape index (κ1) is 15.1. The predicted octanol–water partition coefficient (Wildman–Crippen LogP) is 2.56. The average molecular weight is 253 g/mol. The maximum Gasteiger partial charge on any atom is 0.167 e. The van der Waals surface area contributed by atoms with Gasteiger partial charge < -0.3 is 5.32 Å². The SMILES string of the molecule is CNC(C)c1nnnn1CCCCCCC(C)C. The highest BCUT2D eigenvalue weighted by Gasteiger charge is 2.11. The monoisotopic (exact) mass is 253 g/mol. The summed E-state index contributed by atoms with van der Waals surface area (Å²) in [6.07, 6.45) is 6.42. The largest absolute Gasteiger partial charge is 0.311 e. The van der Waals surface area contributed by atoms with E-state index in [1.54, 1.807) is 0 Å². The Morgan fingerprint density at radius 1 is 1.11 bits per heavy atom. The second-order valence-corrected chi connectivity index (χ2v) is 5.37. The molecule has 18 heavy (non-hydrogen) atoms. The molecule has 0 amide bonds. The molecule has 104 valence electrons. The van der Waals surface area contributed by atoms with Crippen molar-refractivity contribution in [1.29, 1.82) is 0 Å². The van der Waals surface area contributed by atoms with Gasteiger partial charge in [-0.3, -0.25) is 0 Å². The lowest BCUT2D eigenvalue weighted by Crippen LogP contribution is -2.18. The van der Waals surface area contributed by atoms with Gasteiger partial charge in [0.1, 0.15) is 0 Å². The molecule has 1 aromatic rings. The quantitative estimate of drug-likeness (QED) is 0.687. The summed E-state index contributed by atoms with van der Waals surface area (Å²) in [4.78, 5) is 0. The van der Waals surface area contributed by atoms with Gasteiger partial charge in [-0.2, -0.15) is 0 Å². The molecule has 0 aliphatic rings. The summed E-state index contributed by atoms with van der Waals surface area (Å²) in [6.45, 7) is 7.57. The number of aryl methyl sites for hydroxylation is 1. The predicted molar refractivity (Wildman–Crippen MR) is 73.2 cm³/mol. The molecule has 1 atom stereocenters. The minimum Gasteiger partial charge on any atom is -0.311 e. The molecule has 1 unspecified atom stereocenters. The second-order valence-electron chi connectivity index (χ2n) is 5.37. The molecule has 0 saturated heterocycles. The van der Waals surface area contributed by atoms with E-state index in [0.29, 0.717) is 0 Å². The minimum absolute atomic E-state index is 0.209. The number of unbranched alkanes of at least 4 members (excludes halogenated alkanes) is 3. The van der Waals surface area contributed by atoms with Gasteiger partial charge in [0, 0.05) is 6.54 Å². The first-order chi connectivity index (χ1) is 8.65. The van der Waals surface area contributed by atoms with E-state index in [1.807, 2.05) is 11.7 Å². The number of tetrazole rings is 1. The summed E-state index contributed by atoms with van der Waals surface area (Å²) < 4.78 is 1.92. The highest BCUT2D eigenvalue weighted by molar-refractivity contribution is 4.88. The van der Waals surface area contributed by atoms with Crippen molar-refractivity contribution in [1.82, 2.24) is 25.5 Å². The number of nitrogens with zero attached hydrogens (tertiary/aromatic N) is 4. The van der Waals surface area contributed by atoms with Gasteiger partial charge in [0.05, 0.1) is 6.04 Å². The van der Waals surface area contributed by atoms with Crippen molar-refractivity contribution in [3.8, 4) is 0 Å². The van der Waals surface area contributed by atoms with Crippen LogP contribution in [0.15, 0.2) is 0 Å². The third kappa shape index (κ3) is 5.12. The van der Waals surface area contributed by atoms with Crippen LogP contribution in [0.3, 0.4) is 0 Å². The standard InChI is InChI=1S/C13H27N5/c1-11(2)9-7-5-6-8-10-18-13(12(3)14-4)15-16-17-18/h11-12,14H,5-10H2,1-4H3. The van der Waals surface area contributed by atoms with E-state index in [-0.39, 0.29) is 6.04 Å².